The van der Waals surface area contributed by atoms with Gasteiger partial charge in [0, 0.05) is 0 Å². The lowest BCUT2D eigenvalue weighted by Crippen LogP contribution is -2.46. The Morgan fingerprint density at radius 2 is 1.96 bits per heavy atom. The smallest absolute Gasteiger partial charge is 0.393 e. The van der Waals surface area contributed by atoms with Crippen LogP contribution in [0.15, 0.2) is 35.4 Å². The Hall–Kier alpha value is -2.90. The van der Waals surface area contributed by atoms with E-state index in [9.17, 15) is 18.3 Å². The number of carbonyl (C=O) groups excluding carboxylic acids is 1. The van der Waals surface area contributed by atoms with E-state index in [2.05, 4.69) is 25.3 Å². The number of nitrogens with one attached hydrogen (secondary N) is 1. The number of carbonyl (C=O) groups is 1. The maximum atomic E-state index is 12.4. The van der Waals surface area contributed by atoms with Crippen LogP contribution < -0.4 is 5.32 Å². The molecule has 2 rings (SSSR count). The normalized spacial score (nSPS) is 13.5. The number of hydrogen-bond acceptors (Lipinski definition) is 7. The molecule has 1 atom stereocenters. The highest BCUT2D eigenvalue weighted by molar-refractivity contribution is 7.91. The van der Waals surface area contributed by atoms with E-state index in [1.807, 2.05) is 6.92 Å². The monoisotopic (exact) mass is 361 g/mol. The number of hydrogen-bond donors (Lipinski definition) is 2. The van der Waals surface area contributed by atoms with E-state index in [0.29, 0.717) is 0 Å². The van der Waals surface area contributed by atoms with E-state index in [-0.39, 0.29) is 16.7 Å². The van der Waals surface area contributed by atoms with Gasteiger partial charge in [-0.2, -0.15) is 4.98 Å². The molecule has 2 N–H and O–H groups in total. The molecule has 9 nitrogen and oxygen atoms in total. The molecule has 1 aromatic carbocycles. The summed E-state index contributed by atoms with van der Waals surface area (Å²) in [6.45, 7) is 9.61. The van der Waals surface area contributed by atoms with Crippen molar-refractivity contribution in [2.75, 3.05) is 11.1 Å². The number of aromatic nitrogens is 3. The number of anilines is 1. The maximum Gasteiger partial charge on any atom is 0.393 e. The Morgan fingerprint density at radius 3 is 2.48 bits per heavy atom. The summed E-state index contributed by atoms with van der Waals surface area (Å²) < 4.78 is 24.8. The molecule has 1 amide bonds. The molecule has 0 aliphatic carbocycles. The number of nitrogens with zero attached hydrogens (tertiary/aromatic N) is 4. The highest BCUT2D eigenvalue weighted by Gasteiger charge is 2.37. The van der Waals surface area contributed by atoms with Crippen molar-refractivity contribution in [2.24, 2.45) is 0 Å². The van der Waals surface area contributed by atoms with Crippen LogP contribution in [0.1, 0.15) is 12.5 Å². The summed E-state index contributed by atoms with van der Waals surface area (Å²) in [5.74, 6) is -2.09. The van der Waals surface area contributed by atoms with Crippen LogP contribution in [0.25, 0.3) is 4.85 Å². The first-order valence-electron chi connectivity index (χ1n) is 7.04. The number of sulfone groups is 1. The van der Waals surface area contributed by atoms with Gasteiger partial charge in [0.05, 0.1) is 10.6 Å². The fraction of sp³-hybridized carbons (Fsp3) is 0.267. The maximum absolute atomic E-state index is 12.4. The molecule has 130 valence electrons. The molecule has 0 aliphatic rings. The Balaban J connectivity index is 2.14. The lowest BCUT2D eigenvalue weighted by Gasteiger charge is -2.21. The van der Waals surface area contributed by atoms with Crippen LogP contribution in [0.5, 0.6) is 0 Å². The number of benzene rings is 1. The predicted octanol–water partition coefficient (Wildman–Crippen LogP) is 0.894. The first-order valence-corrected chi connectivity index (χ1v) is 8.70. The Bertz CT molecular complexity index is 916. The minimum atomic E-state index is -3.88. The molecule has 0 saturated carbocycles. The predicted molar refractivity (Wildman–Crippen MR) is 88.6 cm³/mol. The topological polar surface area (TPSA) is 126 Å². The molecular weight excluding hydrogens is 346 g/mol. The van der Waals surface area contributed by atoms with Gasteiger partial charge >= 0.3 is 5.95 Å². The van der Waals surface area contributed by atoms with E-state index in [1.165, 1.54) is 12.1 Å². The zero-order valence-electron chi connectivity index (χ0n) is 13.5. The summed E-state index contributed by atoms with van der Waals surface area (Å²) in [5, 5.41) is 19.5. The van der Waals surface area contributed by atoms with E-state index < -0.39 is 27.1 Å². The van der Waals surface area contributed by atoms with Gasteiger partial charge in [-0.05, 0) is 31.1 Å². The molecule has 0 bridgehead atoms. The minimum Gasteiger partial charge on any atom is -0.393 e. The first-order chi connectivity index (χ1) is 11.6. The van der Waals surface area contributed by atoms with Gasteiger partial charge in [0.1, 0.15) is 6.20 Å². The Morgan fingerprint density at radius 1 is 1.32 bits per heavy atom. The third-order valence-corrected chi connectivity index (χ3v) is 5.16. The van der Waals surface area contributed by atoms with Crippen molar-refractivity contribution in [3.63, 3.8) is 0 Å². The lowest BCUT2D eigenvalue weighted by molar-refractivity contribution is -0.130. The number of amides is 1. The van der Waals surface area contributed by atoms with Gasteiger partial charge in [0.2, 0.25) is 5.82 Å². The van der Waals surface area contributed by atoms with E-state index in [0.717, 1.165) is 18.7 Å². The molecule has 2 aromatic rings. The third kappa shape index (κ3) is 4.56. The van der Waals surface area contributed by atoms with Crippen molar-refractivity contribution < 1.29 is 18.3 Å². The van der Waals surface area contributed by atoms with Crippen LogP contribution in [0.4, 0.5) is 11.8 Å². The second-order valence-corrected chi connectivity index (χ2v) is 7.54. The molecule has 25 heavy (non-hydrogen) atoms. The SMILES string of the molecule is [C-]#[N+]c1ncc(NC(=O)[C@@](C)(O)CS(=O)(=O)c2ccc(C)cc2)nn1. The van der Waals surface area contributed by atoms with Crippen molar-refractivity contribution >= 4 is 27.5 Å². The Labute approximate surface area is 144 Å². The number of aryl methyl sites for hydroxylation is 1. The number of rotatable bonds is 5. The van der Waals surface area contributed by atoms with Gasteiger partial charge in [-0.3, -0.25) is 4.79 Å². The van der Waals surface area contributed by atoms with Crippen molar-refractivity contribution in [1.82, 2.24) is 15.2 Å². The van der Waals surface area contributed by atoms with E-state index in [4.69, 9.17) is 6.57 Å². The fourth-order valence-corrected chi connectivity index (χ4v) is 3.48. The minimum absolute atomic E-state index is 0.00837. The van der Waals surface area contributed by atoms with E-state index >= 15 is 0 Å². The molecule has 0 radical (unpaired) electrons. The van der Waals surface area contributed by atoms with Crippen LogP contribution in [0.3, 0.4) is 0 Å². The van der Waals surface area contributed by atoms with Gasteiger partial charge in [0.25, 0.3) is 5.91 Å². The molecule has 1 heterocycles. The summed E-state index contributed by atoms with van der Waals surface area (Å²) >= 11 is 0. The largest absolute Gasteiger partial charge is 0.393 e. The highest BCUT2D eigenvalue weighted by atomic mass is 32.2. The molecule has 0 aliphatic heterocycles. The summed E-state index contributed by atoms with van der Waals surface area (Å²) in [6, 6.07) is 6.08. The molecule has 10 heteroatoms. The van der Waals surface area contributed by atoms with Gasteiger partial charge in [-0.25, -0.2) is 8.42 Å². The third-order valence-electron chi connectivity index (χ3n) is 3.23. The number of aliphatic hydroxyl groups is 1. The van der Waals surface area contributed by atoms with Crippen molar-refractivity contribution in [1.29, 1.82) is 0 Å². The quantitative estimate of drug-likeness (QED) is 0.757. The average Bonchev–Trinajstić information content (AvgIpc) is 2.55. The van der Waals surface area contributed by atoms with Crippen molar-refractivity contribution in [2.45, 2.75) is 24.3 Å². The summed E-state index contributed by atoms with van der Waals surface area (Å²) in [5.41, 5.74) is -1.32. The summed E-state index contributed by atoms with van der Waals surface area (Å²) in [6.07, 6.45) is 1.09. The van der Waals surface area contributed by atoms with Gasteiger partial charge < -0.3 is 15.3 Å². The second-order valence-electron chi connectivity index (χ2n) is 5.56. The first kappa shape index (κ1) is 18.4. The van der Waals surface area contributed by atoms with Crippen LogP contribution in [0.2, 0.25) is 0 Å². The zero-order chi connectivity index (χ0) is 18.7. The summed E-state index contributed by atoms with van der Waals surface area (Å²) in [7, 11) is -3.88. The molecule has 0 spiro atoms. The fourth-order valence-electron chi connectivity index (χ4n) is 1.89. The van der Waals surface area contributed by atoms with Crippen LogP contribution in [-0.4, -0.2) is 46.0 Å². The second kappa shape index (κ2) is 6.92. The van der Waals surface area contributed by atoms with Crippen LogP contribution in [0, 0.1) is 13.5 Å². The van der Waals surface area contributed by atoms with Crippen LogP contribution in [-0.2, 0) is 14.6 Å². The van der Waals surface area contributed by atoms with Crippen molar-refractivity contribution in [3.05, 3.63) is 47.4 Å². The zero-order valence-corrected chi connectivity index (χ0v) is 14.3. The van der Waals surface area contributed by atoms with Crippen LogP contribution >= 0.6 is 0 Å². The highest BCUT2D eigenvalue weighted by Crippen LogP contribution is 2.19. The van der Waals surface area contributed by atoms with Gasteiger partial charge in [0.15, 0.2) is 15.4 Å². The van der Waals surface area contributed by atoms with Gasteiger partial charge in [-0.1, -0.05) is 22.8 Å². The molecule has 0 fully saturated rings. The Kier molecular flexibility index (Phi) is 5.10. The lowest BCUT2D eigenvalue weighted by atomic mass is 10.1. The molecule has 0 saturated heterocycles. The van der Waals surface area contributed by atoms with Crippen molar-refractivity contribution in [3.8, 4) is 0 Å². The van der Waals surface area contributed by atoms with E-state index in [1.54, 1.807) is 12.1 Å². The average molecular weight is 361 g/mol. The molecule has 1 aromatic heterocycles. The van der Waals surface area contributed by atoms with Gasteiger partial charge in [-0.15, -0.1) is 6.57 Å². The summed E-state index contributed by atoms with van der Waals surface area (Å²) in [4.78, 5) is 18.8. The molecule has 0 unspecified atom stereocenters. The molecular formula is C15H15N5O4S. The standard InChI is InChI=1S/C15H15N5O4S/c1-10-4-6-11(7-5-10)25(23,24)9-15(2,22)13(21)18-12-8-17-14(16-3)20-19-12/h4-8,22H,9H2,1-2H3,(H,18,19,21)/t15-/m0/s1.